The van der Waals surface area contributed by atoms with Crippen LogP contribution in [0.1, 0.15) is 24.9 Å². The number of halogens is 1. The molecule has 0 aliphatic rings. The second-order valence-electron chi connectivity index (χ2n) is 4.56. The smallest absolute Gasteiger partial charge is 0.131 e. The van der Waals surface area contributed by atoms with Gasteiger partial charge in [0.2, 0.25) is 0 Å². The summed E-state index contributed by atoms with van der Waals surface area (Å²) in [4.78, 5) is 0. The zero-order chi connectivity index (χ0) is 13.1. The Morgan fingerprint density at radius 3 is 2.56 bits per heavy atom. The van der Waals surface area contributed by atoms with Gasteiger partial charge >= 0.3 is 0 Å². The molecular formula is C15H17FN2. The summed E-state index contributed by atoms with van der Waals surface area (Å²) < 4.78 is 13.7. The zero-order valence-electron chi connectivity index (χ0n) is 10.4. The molecule has 0 bridgehead atoms. The molecule has 1 unspecified atom stereocenters. The molecule has 0 aromatic heterocycles. The van der Waals surface area contributed by atoms with Gasteiger partial charge in [-0.05, 0) is 30.4 Å². The van der Waals surface area contributed by atoms with Crippen LogP contribution in [0.15, 0.2) is 48.6 Å². The quantitative estimate of drug-likeness (QED) is 0.491. The van der Waals surface area contributed by atoms with Crippen molar-refractivity contribution in [2.45, 2.75) is 19.4 Å². The first-order valence-corrected chi connectivity index (χ1v) is 5.91. The average molecular weight is 244 g/mol. The molecule has 18 heavy (non-hydrogen) atoms. The summed E-state index contributed by atoms with van der Waals surface area (Å²) in [5, 5.41) is 1.51. The number of rotatable bonds is 4. The van der Waals surface area contributed by atoms with Crippen molar-refractivity contribution in [2.75, 3.05) is 0 Å². The Labute approximate surface area is 106 Å². The van der Waals surface area contributed by atoms with Crippen molar-refractivity contribution >= 4 is 10.8 Å². The number of benzene rings is 2. The summed E-state index contributed by atoms with van der Waals surface area (Å²) in [7, 11) is 0. The third-order valence-electron chi connectivity index (χ3n) is 3.03. The molecule has 0 amide bonds. The van der Waals surface area contributed by atoms with Gasteiger partial charge in [-0.1, -0.05) is 35.9 Å². The van der Waals surface area contributed by atoms with Crippen molar-refractivity contribution < 1.29 is 4.39 Å². The molecule has 2 nitrogen and oxygen atoms in total. The molecule has 94 valence electrons. The van der Waals surface area contributed by atoms with E-state index >= 15 is 0 Å². The van der Waals surface area contributed by atoms with Crippen molar-refractivity contribution in [3.05, 3.63) is 59.9 Å². The molecule has 2 aromatic rings. The fourth-order valence-electron chi connectivity index (χ4n) is 2.20. The molecule has 0 saturated carbocycles. The summed E-state index contributed by atoms with van der Waals surface area (Å²) in [6, 6.07) is 10.6. The number of fused-ring (bicyclic) bond motifs is 1. The third-order valence-corrected chi connectivity index (χ3v) is 3.03. The standard InChI is InChI=1S/C15H17FN2/c1-10(2)9-15(18-17)13-7-8-14(16)12-6-4-3-5-11(12)13/h3-8,15,18H,1,9,17H2,2H3. The number of hydrazine groups is 1. The lowest BCUT2D eigenvalue weighted by Gasteiger charge is -2.18. The van der Waals surface area contributed by atoms with Crippen LogP contribution in [0.25, 0.3) is 10.8 Å². The van der Waals surface area contributed by atoms with Crippen LogP contribution in [0, 0.1) is 5.82 Å². The van der Waals surface area contributed by atoms with E-state index in [4.69, 9.17) is 5.84 Å². The maximum atomic E-state index is 13.7. The minimum absolute atomic E-state index is 0.0481. The van der Waals surface area contributed by atoms with Crippen molar-refractivity contribution in [3.63, 3.8) is 0 Å². The van der Waals surface area contributed by atoms with Crippen LogP contribution in [-0.2, 0) is 0 Å². The summed E-state index contributed by atoms with van der Waals surface area (Å²) in [5.41, 5.74) is 4.81. The van der Waals surface area contributed by atoms with Gasteiger partial charge in [0.25, 0.3) is 0 Å². The molecule has 0 spiro atoms. The highest BCUT2D eigenvalue weighted by molar-refractivity contribution is 5.86. The second-order valence-corrected chi connectivity index (χ2v) is 4.56. The minimum Gasteiger partial charge on any atom is -0.271 e. The molecule has 0 radical (unpaired) electrons. The Kier molecular flexibility index (Phi) is 3.75. The predicted octanol–water partition coefficient (Wildman–Crippen LogP) is 3.45. The van der Waals surface area contributed by atoms with Gasteiger partial charge in [0.1, 0.15) is 5.82 Å². The summed E-state index contributed by atoms with van der Waals surface area (Å²) in [6.45, 7) is 5.85. The van der Waals surface area contributed by atoms with Crippen molar-refractivity contribution in [1.82, 2.24) is 5.43 Å². The molecule has 0 fully saturated rings. The number of hydrogen-bond donors (Lipinski definition) is 2. The van der Waals surface area contributed by atoms with Crippen LogP contribution in [0.5, 0.6) is 0 Å². The van der Waals surface area contributed by atoms with Crippen molar-refractivity contribution in [2.24, 2.45) is 5.84 Å². The topological polar surface area (TPSA) is 38.0 Å². The molecule has 2 aromatic carbocycles. The van der Waals surface area contributed by atoms with Gasteiger partial charge in [0.05, 0.1) is 6.04 Å². The fourth-order valence-corrected chi connectivity index (χ4v) is 2.20. The fraction of sp³-hybridized carbons (Fsp3) is 0.200. The molecular weight excluding hydrogens is 227 g/mol. The molecule has 2 rings (SSSR count). The molecule has 3 heteroatoms. The molecule has 3 N–H and O–H groups in total. The van der Waals surface area contributed by atoms with Crippen LogP contribution in [-0.4, -0.2) is 0 Å². The molecule has 0 aliphatic carbocycles. The van der Waals surface area contributed by atoms with Crippen molar-refractivity contribution in [1.29, 1.82) is 0 Å². The molecule has 1 atom stereocenters. The van der Waals surface area contributed by atoms with Gasteiger partial charge in [-0.3, -0.25) is 11.3 Å². The summed E-state index contributed by atoms with van der Waals surface area (Å²) in [5.74, 6) is 5.39. The maximum Gasteiger partial charge on any atom is 0.131 e. The van der Waals surface area contributed by atoms with Gasteiger partial charge in [-0.25, -0.2) is 4.39 Å². The largest absolute Gasteiger partial charge is 0.271 e. The Bertz CT molecular complexity index is 578. The van der Waals surface area contributed by atoms with E-state index in [9.17, 15) is 4.39 Å². The second kappa shape index (κ2) is 5.29. The lowest BCUT2D eigenvalue weighted by Crippen LogP contribution is -2.28. The number of hydrogen-bond acceptors (Lipinski definition) is 2. The van der Waals surface area contributed by atoms with Crippen molar-refractivity contribution in [3.8, 4) is 0 Å². The third kappa shape index (κ3) is 2.42. The monoisotopic (exact) mass is 244 g/mol. The van der Waals surface area contributed by atoms with Crippen LogP contribution in [0.4, 0.5) is 4.39 Å². The van der Waals surface area contributed by atoms with E-state index < -0.39 is 0 Å². The van der Waals surface area contributed by atoms with E-state index in [0.717, 1.165) is 22.9 Å². The van der Waals surface area contributed by atoms with Crippen LogP contribution >= 0.6 is 0 Å². The first-order valence-electron chi connectivity index (χ1n) is 5.91. The minimum atomic E-state index is -0.208. The highest BCUT2D eigenvalue weighted by Gasteiger charge is 2.14. The first kappa shape index (κ1) is 12.7. The van der Waals surface area contributed by atoms with E-state index in [1.54, 1.807) is 12.1 Å². The van der Waals surface area contributed by atoms with E-state index in [1.165, 1.54) is 6.07 Å². The van der Waals surface area contributed by atoms with Gasteiger partial charge in [-0.2, -0.15) is 0 Å². The number of nitrogens with one attached hydrogen (secondary N) is 1. The highest BCUT2D eigenvalue weighted by Crippen LogP contribution is 2.29. The molecule has 0 heterocycles. The molecule has 0 aliphatic heterocycles. The van der Waals surface area contributed by atoms with E-state index in [-0.39, 0.29) is 11.9 Å². The summed E-state index contributed by atoms with van der Waals surface area (Å²) >= 11 is 0. The number of nitrogens with two attached hydrogens (primary N) is 1. The Morgan fingerprint density at radius 1 is 1.28 bits per heavy atom. The average Bonchev–Trinajstić information content (AvgIpc) is 2.37. The molecule has 0 saturated heterocycles. The Balaban J connectivity index is 2.56. The van der Waals surface area contributed by atoms with Gasteiger partial charge < -0.3 is 0 Å². The van der Waals surface area contributed by atoms with Crippen LogP contribution in [0.2, 0.25) is 0 Å². The highest BCUT2D eigenvalue weighted by atomic mass is 19.1. The SMILES string of the molecule is C=C(C)CC(NN)c1ccc(F)c2ccccc12. The maximum absolute atomic E-state index is 13.7. The Morgan fingerprint density at radius 2 is 1.94 bits per heavy atom. The zero-order valence-corrected chi connectivity index (χ0v) is 10.4. The summed E-state index contributed by atoms with van der Waals surface area (Å²) in [6.07, 6.45) is 0.728. The van der Waals surface area contributed by atoms with Crippen LogP contribution in [0.3, 0.4) is 0 Å². The van der Waals surface area contributed by atoms with E-state index in [0.29, 0.717) is 5.39 Å². The van der Waals surface area contributed by atoms with E-state index in [2.05, 4.69) is 12.0 Å². The van der Waals surface area contributed by atoms with Gasteiger partial charge in [-0.15, -0.1) is 6.58 Å². The Hall–Kier alpha value is -1.71. The first-order chi connectivity index (χ1) is 8.63. The van der Waals surface area contributed by atoms with Crippen LogP contribution < -0.4 is 11.3 Å². The predicted molar refractivity (Wildman–Crippen MR) is 73.4 cm³/mol. The normalized spacial score (nSPS) is 12.6. The van der Waals surface area contributed by atoms with Gasteiger partial charge in [0, 0.05) is 5.39 Å². The lowest BCUT2D eigenvalue weighted by molar-refractivity contribution is 0.552. The van der Waals surface area contributed by atoms with Gasteiger partial charge in [0.15, 0.2) is 0 Å². The lowest BCUT2D eigenvalue weighted by atomic mass is 9.95. The van der Waals surface area contributed by atoms with E-state index in [1.807, 2.05) is 25.1 Å².